The molecule has 0 aliphatic carbocycles. The van der Waals surface area contributed by atoms with E-state index in [1.807, 2.05) is 38.1 Å². The molecule has 2 aromatic rings. The number of oxime groups is 2. The van der Waals surface area contributed by atoms with E-state index in [1.165, 1.54) is 11.1 Å². The van der Waals surface area contributed by atoms with Crippen molar-refractivity contribution in [3.8, 4) is 11.5 Å². The first-order chi connectivity index (χ1) is 13.5. The first-order valence-electron chi connectivity index (χ1n) is 9.77. The fourth-order valence-electron chi connectivity index (χ4n) is 2.38. The average molecular weight is 382 g/mol. The Morgan fingerprint density at radius 3 is 1.39 bits per heavy atom. The van der Waals surface area contributed by atoms with Crippen LogP contribution in [0, 0.1) is 0 Å². The fraction of sp³-hybridized carbons (Fsp3) is 0.391. The molecule has 0 unspecified atom stereocenters. The number of rotatable bonds is 10. The highest BCUT2D eigenvalue weighted by Gasteiger charge is 2.04. The van der Waals surface area contributed by atoms with Crippen LogP contribution in [0.3, 0.4) is 0 Å². The lowest BCUT2D eigenvalue weighted by atomic mass is 10.1. The second kappa shape index (κ2) is 11.2. The van der Waals surface area contributed by atoms with Crippen molar-refractivity contribution in [1.82, 2.24) is 4.90 Å². The molecule has 150 valence electrons. The van der Waals surface area contributed by atoms with Gasteiger partial charge in [-0.15, -0.1) is 0 Å². The van der Waals surface area contributed by atoms with E-state index in [0.29, 0.717) is 0 Å². The quantitative estimate of drug-likeness (QED) is 0.395. The molecule has 0 aliphatic rings. The molecule has 0 spiro atoms. The third kappa shape index (κ3) is 7.53. The second-order valence-electron chi connectivity index (χ2n) is 7.00. The molecule has 0 N–H and O–H groups in total. The Labute approximate surface area is 168 Å². The van der Waals surface area contributed by atoms with Gasteiger partial charge < -0.3 is 9.68 Å². The normalized spacial score (nSPS) is 12.4. The Hall–Kier alpha value is -2.66. The molecule has 0 aromatic heterocycles. The van der Waals surface area contributed by atoms with Gasteiger partial charge in [-0.05, 0) is 69.1 Å². The Bertz CT molecular complexity index is 713. The molecule has 5 heteroatoms. The van der Waals surface area contributed by atoms with Crippen LogP contribution in [-0.4, -0.2) is 23.4 Å². The molecule has 5 nitrogen and oxygen atoms in total. The minimum Gasteiger partial charge on any atom is -0.357 e. The summed E-state index contributed by atoms with van der Waals surface area (Å²) in [6.45, 7) is 9.75. The van der Waals surface area contributed by atoms with Crippen LogP contribution in [0.2, 0.25) is 0 Å². The topological polar surface area (TPSA) is 46.4 Å². The number of hydrogen-bond donors (Lipinski definition) is 0. The van der Waals surface area contributed by atoms with Crippen LogP contribution in [0.25, 0.3) is 0 Å². The lowest BCUT2D eigenvalue weighted by Crippen LogP contribution is -2.17. The van der Waals surface area contributed by atoms with Crippen molar-refractivity contribution in [2.45, 2.75) is 53.6 Å². The van der Waals surface area contributed by atoms with Gasteiger partial charge in [0.15, 0.2) is 11.5 Å². The Morgan fingerprint density at radius 2 is 1.07 bits per heavy atom. The summed E-state index contributed by atoms with van der Waals surface area (Å²) in [6.07, 6.45) is 1.78. The van der Waals surface area contributed by atoms with Crippen LogP contribution in [0.1, 0.15) is 51.7 Å². The first-order valence-corrected chi connectivity index (χ1v) is 9.77. The standard InChI is InChI=1S/C23H31N3O2/c1-6-18(3)24-27-22-12-8-20(9-13-22)16-26(5)17-21-10-14-23(15-11-21)28-25-19(4)7-2/h8-15H,6-7,16-17H2,1-5H3/b24-18+,25-19+. The van der Waals surface area contributed by atoms with Crippen LogP contribution >= 0.6 is 0 Å². The molecule has 0 saturated carbocycles. The van der Waals surface area contributed by atoms with Gasteiger partial charge in [-0.2, -0.15) is 0 Å². The molecule has 0 amide bonds. The van der Waals surface area contributed by atoms with E-state index in [0.717, 1.165) is 48.9 Å². The minimum absolute atomic E-state index is 0.760. The van der Waals surface area contributed by atoms with Gasteiger partial charge in [-0.3, -0.25) is 4.90 Å². The maximum atomic E-state index is 5.42. The van der Waals surface area contributed by atoms with Crippen molar-refractivity contribution in [2.24, 2.45) is 10.3 Å². The van der Waals surface area contributed by atoms with Gasteiger partial charge in [-0.1, -0.05) is 48.4 Å². The van der Waals surface area contributed by atoms with Gasteiger partial charge in [0.1, 0.15) is 0 Å². The van der Waals surface area contributed by atoms with Crippen molar-refractivity contribution in [3.05, 3.63) is 59.7 Å². The van der Waals surface area contributed by atoms with Crippen LogP contribution in [0.15, 0.2) is 58.8 Å². The Kier molecular flexibility index (Phi) is 8.69. The SMILES string of the molecule is CC/C(C)=N/Oc1ccc(CN(C)Cc2ccc(O/N=C(\C)CC)cc2)cc1. The summed E-state index contributed by atoms with van der Waals surface area (Å²) in [5, 5.41) is 8.16. The van der Waals surface area contributed by atoms with Gasteiger partial charge in [0.2, 0.25) is 0 Å². The average Bonchev–Trinajstić information content (AvgIpc) is 2.72. The van der Waals surface area contributed by atoms with Crippen molar-refractivity contribution in [2.75, 3.05) is 7.05 Å². The van der Waals surface area contributed by atoms with Crippen molar-refractivity contribution in [3.63, 3.8) is 0 Å². The lowest BCUT2D eigenvalue weighted by molar-refractivity contribution is 0.317. The third-order valence-corrected chi connectivity index (χ3v) is 4.39. The predicted octanol–water partition coefficient (Wildman–Crippen LogP) is 5.65. The molecular formula is C23H31N3O2. The molecule has 0 fully saturated rings. The van der Waals surface area contributed by atoms with E-state index in [1.54, 1.807) is 0 Å². The fourth-order valence-corrected chi connectivity index (χ4v) is 2.38. The van der Waals surface area contributed by atoms with Crippen LogP contribution in [0.4, 0.5) is 0 Å². The molecular weight excluding hydrogens is 350 g/mol. The van der Waals surface area contributed by atoms with Gasteiger partial charge in [0.25, 0.3) is 0 Å². The molecule has 0 radical (unpaired) electrons. The Morgan fingerprint density at radius 1 is 0.714 bits per heavy atom. The molecule has 0 aliphatic heterocycles. The first kappa shape index (κ1) is 21.6. The summed E-state index contributed by atoms with van der Waals surface area (Å²) < 4.78 is 0. The van der Waals surface area contributed by atoms with Crippen molar-refractivity contribution >= 4 is 11.4 Å². The third-order valence-electron chi connectivity index (χ3n) is 4.39. The molecule has 2 rings (SSSR count). The second-order valence-corrected chi connectivity index (χ2v) is 7.00. The zero-order chi connectivity index (χ0) is 20.4. The zero-order valence-corrected chi connectivity index (χ0v) is 17.6. The zero-order valence-electron chi connectivity index (χ0n) is 17.6. The highest BCUT2D eigenvalue weighted by molar-refractivity contribution is 5.81. The van der Waals surface area contributed by atoms with Gasteiger partial charge in [0, 0.05) is 13.1 Å². The largest absolute Gasteiger partial charge is 0.357 e. The lowest BCUT2D eigenvalue weighted by Gasteiger charge is -2.17. The monoisotopic (exact) mass is 381 g/mol. The van der Waals surface area contributed by atoms with E-state index >= 15 is 0 Å². The Balaban J connectivity index is 1.85. The predicted molar refractivity (Wildman–Crippen MR) is 116 cm³/mol. The molecule has 0 heterocycles. The maximum Gasteiger partial charge on any atom is 0.157 e. The minimum atomic E-state index is 0.760. The van der Waals surface area contributed by atoms with Crippen LogP contribution < -0.4 is 9.68 Å². The molecule has 2 aromatic carbocycles. The molecule has 0 bridgehead atoms. The summed E-state index contributed by atoms with van der Waals surface area (Å²) in [7, 11) is 2.11. The van der Waals surface area contributed by atoms with Crippen LogP contribution in [0.5, 0.6) is 11.5 Å². The number of benzene rings is 2. The van der Waals surface area contributed by atoms with E-state index in [2.05, 4.69) is 60.4 Å². The van der Waals surface area contributed by atoms with Crippen LogP contribution in [-0.2, 0) is 13.1 Å². The van der Waals surface area contributed by atoms with E-state index < -0.39 is 0 Å². The van der Waals surface area contributed by atoms with E-state index in [9.17, 15) is 0 Å². The highest BCUT2D eigenvalue weighted by Crippen LogP contribution is 2.17. The van der Waals surface area contributed by atoms with E-state index in [-0.39, 0.29) is 0 Å². The number of nitrogens with zero attached hydrogens (tertiary/aromatic N) is 3. The van der Waals surface area contributed by atoms with Crippen molar-refractivity contribution in [1.29, 1.82) is 0 Å². The summed E-state index contributed by atoms with van der Waals surface area (Å²) >= 11 is 0. The summed E-state index contributed by atoms with van der Waals surface area (Å²) in [4.78, 5) is 13.1. The summed E-state index contributed by atoms with van der Waals surface area (Å²) in [5.41, 5.74) is 4.42. The molecule has 0 saturated heterocycles. The molecule has 0 atom stereocenters. The maximum absolute atomic E-state index is 5.42. The summed E-state index contributed by atoms with van der Waals surface area (Å²) in [5.74, 6) is 1.52. The summed E-state index contributed by atoms with van der Waals surface area (Å²) in [6, 6.07) is 16.1. The van der Waals surface area contributed by atoms with E-state index in [4.69, 9.17) is 9.68 Å². The van der Waals surface area contributed by atoms with Crippen molar-refractivity contribution < 1.29 is 9.68 Å². The van der Waals surface area contributed by atoms with Gasteiger partial charge in [-0.25, -0.2) is 0 Å². The van der Waals surface area contributed by atoms with Gasteiger partial charge in [0.05, 0.1) is 11.4 Å². The van der Waals surface area contributed by atoms with Gasteiger partial charge >= 0.3 is 0 Å². The molecule has 28 heavy (non-hydrogen) atoms. The smallest absolute Gasteiger partial charge is 0.157 e. The number of hydrogen-bond acceptors (Lipinski definition) is 5. The highest BCUT2D eigenvalue weighted by atomic mass is 16.6.